The molecule has 0 aliphatic rings. The molecule has 1 aromatic heterocycles. The van der Waals surface area contributed by atoms with Crippen molar-refractivity contribution in [2.24, 2.45) is 12.8 Å². The molecule has 1 unspecified atom stereocenters. The first kappa shape index (κ1) is 8.56. The van der Waals surface area contributed by atoms with Crippen molar-refractivity contribution in [3.05, 3.63) is 17.2 Å². The van der Waals surface area contributed by atoms with Crippen LogP contribution >= 0.6 is 11.6 Å². The van der Waals surface area contributed by atoms with Crippen molar-refractivity contribution in [1.82, 2.24) is 9.55 Å². The maximum atomic E-state index is 5.77. The summed E-state index contributed by atoms with van der Waals surface area (Å²) in [5, 5.41) is 0.653. The van der Waals surface area contributed by atoms with Crippen molar-refractivity contribution in [2.45, 2.75) is 19.4 Å². The van der Waals surface area contributed by atoms with Crippen LogP contribution in [0.2, 0.25) is 5.15 Å². The fraction of sp³-hybridized carbons (Fsp3) is 0.571. The zero-order chi connectivity index (χ0) is 8.43. The minimum absolute atomic E-state index is 0.132. The molecule has 0 spiro atoms. The van der Waals surface area contributed by atoms with E-state index in [-0.39, 0.29) is 6.04 Å². The van der Waals surface area contributed by atoms with Gasteiger partial charge in [0.15, 0.2) is 0 Å². The first-order chi connectivity index (χ1) is 5.11. The van der Waals surface area contributed by atoms with Gasteiger partial charge in [-0.05, 0) is 6.92 Å². The van der Waals surface area contributed by atoms with Gasteiger partial charge in [0, 0.05) is 19.5 Å². The average Bonchev–Trinajstić information content (AvgIpc) is 2.18. The highest BCUT2D eigenvalue weighted by molar-refractivity contribution is 6.29. The van der Waals surface area contributed by atoms with E-state index in [1.807, 2.05) is 18.5 Å². The van der Waals surface area contributed by atoms with Gasteiger partial charge in [-0.15, -0.1) is 0 Å². The van der Waals surface area contributed by atoms with Crippen LogP contribution in [0.25, 0.3) is 0 Å². The van der Waals surface area contributed by atoms with Gasteiger partial charge < -0.3 is 10.3 Å². The van der Waals surface area contributed by atoms with E-state index in [0.29, 0.717) is 5.15 Å². The van der Waals surface area contributed by atoms with E-state index >= 15 is 0 Å². The lowest BCUT2D eigenvalue weighted by atomic mass is 10.2. The Kier molecular flexibility index (Phi) is 2.52. The Hall–Kier alpha value is -0.540. The van der Waals surface area contributed by atoms with Crippen LogP contribution in [0.4, 0.5) is 0 Å². The van der Waals surface area contributed by atoms with Crippen molar-refractivity contribution in [3.63, 3.8) is 0 Å². The lowest BCUT2D eigenvalue weighted by molar-refractivity contribution is 0.672. The predicted octanol–water partition coefficient (Wildman–Crippen LogP) is 0.963. The zero-order valence-electron chi connectivity index (χ0n) is 6.71. The number of hydrogen-bond donors (Lipinski definition) is 1. The molecular weight excluding hydrogens is 162 g/mol. The second kappa shape index (κ2) is 3.24. The van der Waals surface area contributed by atoms with E-state index in [1.165, 1.54) is 0 Å². The van der Waals surface area contributed by atoms with Crippen LogP contribution < -0.4 is 5.73 Å². The molecule has 1 aromatic rings. The molecule has 0 fully saturated rings. The van der Waals surface area contributed by atoms with Crippen molar-refractivity contribution in [3.8, 4) is 0 Å². The molecule has 0 radical (unpaired) electrons. The van der Waals surface area contributed by atoms with Crippen LogP contribution in [-0.2, 0) is 13.5 Å². The third-order valence-electron chi connectivity index (χ3n) is 1.53. The maximum Gasteiger partial charge on any atom is 0.128 e. The summed E-state index contributed by atoms with van der Waals surface area (Å²) < 4.78 is 1.84. The SMILES string of the molecule is CC(N)Cc1ncc(Cl)n1C. The lowest BCUT2D eigenvalue weighted by Crippen LogP contribution is -2.20. The van der Waals surface area contributed by atoms with E-state index in [9.17, 15) is 0 Å². The summed E-state index contributed by atoms with van der Waals surface area (Å²) >= 11 is 5.77. The summed E-state index contributed by atoms with van der Waals surface area (Å²) in [6, 6.07) is 0.132. The van der Waals surface area contributed by atoms with Crippen LogP contribution in [0.3, 0.4) is 0 Å². The normalized spacial score (nSPS) is 13.5. The Morgan fingerprint density at radius 1 is 1.82 bits per heavy atom. The monoisotopic (exact) mass is 173 g/mol. The zero-order valence-corrected chi connectivity index (χ0v) is 7.47. The van der Waals surface area contributed by atoms with Gasteiger partial charge in [0.1, 0.15) is 11.0 Å². The van der Waals surface area contributed by atoms with Crippen molar-refractivity contribution >= 4 is 11.6 Å². The van der Waals surface area contributed by atoms with Gasteiger partial charge in [-0.2, -0.15) is 0 Å². The summed E-state index contributed by atoms with van der Waals surface area (Å²) in [6.45, 7) is 1.95. The van der Waals surface area contributed by atoms with Gasteiger partial charge in [0.25, 0.3) is 0 Å². The minimum atomic E-state index is 0.132. The highest BCUT2D eigenvalue weighted by Crippen LogP contribution is 2.09. The molecule has 3 nitrogen and oxygen atoms in total. The first-order valence-corrected chi connectivity index (χ1v) is 3.90. The van der Waals surface area contributed by atoms with Crippen LogP contribution in [0.5, 0.6) is 0 Å². The quantitative estimate of drug-likeness (QED) is 0.724. The number of imidazole rings is 1. The van der Waals surface area contributed by atoms with Gasteiger partial charge in [0.2, 0.25) is 0 Å². The third-order valence-corrected chi connectivity index (χ3v) is 1.88. The lowest BCUT2D eigenvalue weighted by Gasteiger charge is -2.04. The van der Waals surface area contributed by atoms with E-state index in [1.54, 1.807) is 6.20 Å². The molecule has 0 aliphatic heterocycles. The third kappa shape index (κ3) is 1.94. The largest absolute Gasteiger partial charge is 0.328 e. The minimum Gasteiger partial charge on any atom is -0.328 e. The number of nitrogens with two attached hydrogens (primary N) is 1. The number of nitrogens with zero attached hydrogens (tertiary/aromatic N) is 2. The molecule has 0 saturated carbocycles. The molecule has 0 bridgehead atoms. The predicted molar refractivity (Wildman–Crippen MR) is 45.6 cm³/mol. The average molecular weight is 174 g/mol. The summed E-state index contributed by atoms with van der Waals surface area (Å²) in [6.07, 6.45) is 2.41. The molecule has 1 heterocycles. The number of aromatic nitrogens is 2. The molecule has 0 saturated heterocycles. The molecule has 11 heavy (non-hydrogen) atoms. The molecular formula is C7H12ClN3. The fourth-order valence-corrected chi connectivity index (χ4v) is 1.05. The Balaban J connectivity index is 2.79. The van der Waals surface area contributed by atoms with Gasteiger partial charge in [0.05, 0.1) is 6.20 Å². The van der Waals surface area contributed by atoms with Crippen LogP contribution in [0.15, 0.2) is 6.20 Å². The molecule has 0 aliphatic carbocycles. The number of halogens is 1. The van der Waals surface area contributed by atoms with Gasteiger partial charge >= 0.3 is 0 Å². The Morgan fingerprint density at radius 3 is 2.82 bits per heavy atom. The number of hydrogen-bond acceptors (Lipinski definition) is 2. The second-order valence-electron chi connectivity index (χ2n) is 2.74. The molecule has 0 amide bonds. The highest BCUT2D eigenvalue weighted by atomic mass is 35.5. The van der Waals surface area contributed by atoms with Crippen LogP contribution in [0, 0.1) is 0 Å². The summed E-state index contributed by atoms with van der Waals surface area (Å²) in [5.41, 5.74) is 5.61. The molecule has 1 rings (SSSR count). The Labute approximate surface area is 71.2 Å². The van der Waals surface area contributed by atoms with Crippen LogP contribution in [-0.4, -0.2) is 15.6 Å². The van der Waals surface area contributed by atoms with E-state index < -0.39 is 0 Å². The van der Waals surface area contributed by atoms with Gasteiger partial charge in [-0.25, -0.2) is 4.98 Å². The molecule has 2 N–H and O–H groups in total. The maximum absolute atomic E-state index is 5.77. The van der Waals surface area contributed by atoms with Gasteiger partial charge in [-0.3, -0.25) is 0 Å². The number of rotatable bonds is 2. The topological polar surface area (TPSA) is 43.8 Å². The van der Waals surface area contributed by atoms with E-state index in [0.717, 1.165) is 12.2 Å². The second-order valence-corrected chi connectivity index (χ2v) is 3.12. The van der Waals surface area contributed by atoms with Gasteiger partial charge in [-0.1, -0.05) is 11.6 Å². The van der Waals surface area contributed by atoms with Crippen molar-refractivity contribution in [1.29, 1.82) is 0 Å². The summed E-state index contributed by atoms with van der Waals surface area (Å²) in [4.78, 5) is 4.11. The molecule has 0 aromatic carbocycles. The fourth-order valence-electron chi connectivity index (χ4n) is 0.902. The molecule has 4 heteroatoms. The standard InChI is InChI=1S/C7H12ClN3/c1-5(9)3-7-10-4-6(8)11(7)2/h4-5H,3,9H2,1-2H3. The Bertz CT molecular complexity index is 242. The van der Waals surface area contributed by atoms with Crippen LogP contribution in [0.1, 0.15) is 12.7 Å². The Morgan fingerprint density at radius 2 is 2.45 bits per heavy atom. The molecule has 62 valence electrons. The van der Waals surface area contributed by atoms with E-state index in [4.69, 9.17) is 17.3 Å². The highest BCUT2D eigenvalue weighted by Gasteiger charge is 2.05. The summed E-state index contributed by atoms with van der Waals surface area (Å²) in [5.74, 6) is 0.935. The summed E-state index contributed by atoms with van der Waals surface area (Å²) in [7, 11) is 1.88. The van der Waals surface area contributed by atoms with Crippen molar-refractivity contribution in [2.75, 3.05) is 0 Å². The van der Waals surface area contributed by atoms with E-state index in [2.05, 4.69) is 4.98 Å². The smallest absolute Gasteiger partial charge is 0.128 e. The molecule has 1 atom stereocenters. The van der Waals surface area contributed by atoms with Crippen molar-refractivity contribution < 1.29 is 0 Å². The first-order valence-electron chi connectivity index (χ1n) is 3.53.